The molecule has 0 aliphatic heterocycles. The molecule has 0 saturated heterocycles. The largest absolute Gasteiger partial charge is 0.440 e. The summed E-state index contributed by atoms with van der Waals surface area (Å²) in [4.78, 5) is 18.2. The van der Waals surface area contributed by atoms with Gasteiger partial charge >= 0.3 is 6.09 Å². The summed E-state index contributed by atoms with van der Waals surface area (Å²) in [6, 6.07) is 9.25. The molecule has 0 radical (unpaired) electrons. The van der Waals surface area contributed by atoms with Crippen molar-refractivity contribution in [1.29, 1.82) is 0 Å². The fourth-order valence-corrected chi connectivity index (χ4v) is 3.59. The minimum absolute atomic E-state index is 0.138. The predicted octanol–water partition coefficient (Wildman–Crippen LogP) is 4.05. The Kier molecular flexibility index (Phi) is 4.29. The second kappa shape index (κ2) is 6.37. The molecule has 0 spiro atoms. The van der Waals surface area contributed by atoms with Crippen LogP contribution in [-0.4, -0.2) is 20.7 Å². The summed E-state index contributed by atoms with van der Waals surface area (Å²) in [5, 5.41) is 6.94. The third kappa shape index (κ3) is 3.19. The number of hydrogen-bond acceptors (Lipinski definition) is 5. The molecule has 6 nitrogen and oxygen atoms in total. The van der Waals surface area contributed by atoms with Gasteiger partial charge in [0.2, 0.25) is 4.96 Å². The van der Waals surface area contributed by atoms with Crippen LogP contribution >= 0.6 is 11.3 Å². The standard InChI is InChI=1S/C16H18N4O2S/c1-10(2)13(14-11(3)20-15(23-14)17-9-18-20)22-16(21)19-12-7-5-4-6-8-12/h4-10,13H,1-3H3,(H,19,21). The Hall–Kier alpha value is -2.41. The first-order chi connectivity index (χ1) is 11.1. The number of para-hydroxylation sites is 1. The molecule has 0 fully saturated rings. The highest BCUT2D eigenvalue weighted by Crippen LogP contribution is 2.34. The van der Waals surface area contributed by atoms with Gasteiger partial charge in [0.05, 0.1) is 10.6 Å². The molecule has 23 heavy (non-hydrogen) atoms. The fourth-order valence-electron chi connectivity index (χ4n) is 2.35. The van der Waals surface area contributed by atoms with Crippen molar-refractivity contribution in [1.82, 2.24) is 14.6 Å². The normalized spacial score (nSPS) is 12.5. The van der Waals surface area contributed by atoms with Crippen molar-refractivity contribution in [2.45, 2.75) is 26.9 Å². The SMILES string of the molecule is Cc1c(C(OC(=O)Nc2ccccc2)C(C)C)sc2ncnn12. The average Bonchev–Trinajstić information content (AvgIpc) is 3.09. The average molecular weight is 330 g/mol. The second-order valence-corrected chi connectivity index (χ2v) is 6.58. The molecule has 1 atom stereocenters. The van der Waals surface area contributed by atoms with E-state index >= 15 is 0 Å². The third-order valence-electron chi connectivity index (χ3n) is 3.51. The van der Waals surface area contributed by atoms with Gasteiger partial charge in [-0.3, -0.25) is 5.32 Å². The Morgan fingerprint density at radius 3 is 2.70 bits per heavy atom. The van der Waals surface area contributed by atoms with E-state index in [0.717, 1.165) is 15.5 Å². The maximum atomic E-state index is 12.2. The van der Waals surface area contributed by atoms with E-state index in [-0.39, 0.29) is 12.0 Å². The molecule has 0 aliphatic rings. The fraction of sp³-hybridized carbons (Fsp3) is 0.312. The van der Waals surface area contributed by atoms with Crippen molar-refractivity contribution < 1.29 is 9.53 Å². The minimum atomic E-state index is -0.465. The van der Waals surface area contributed by atoms with Crippen molar-refractivity contribution in [3.63, 3.8) is 0 Å². The van der Waals surface area contributed by atoms with E-state index in [9.17, 15) is 4.79 Å². The van der Waals surface area contributed by atoms with Gasteiger partial charge in [-0.2, -0.15) is 5.10 Å². The van der Waals surface area contributed by atoms with Crippen molar-refractivity contribution in [2.75, 3.05) is 5.32 Å². The Labute approximate surface area is 138 Å². The number of aryl methyl sites for hydroxylation is 1. The van der Waals surface area contributed by atoms with Crippen LogP contribution in [0.1, 0.15) is 30.5 Å². The van der Waals surface area contributed by atoms with Crippen molar-refractivity contribution in [3.05, 3.63) is 47.2 Å². The molecule has 0 saturated carbocycles. The molecule has 1 N–H and O–H groups in total. The molecule has 7 heteroatoms. The van der Waals surface area contributed by atoms with Crippen LogP contribution < -0.4 is 5.32 Å². The summed E-state index contributed by atoms with van der Waals surface area (Å²) in [6.45, 7) is 6.01. The van der Waals surface area contributed by atoms with Crippen LogP contribution in [0.4, 0.5) is 10.5 Å². The number of hydrogen-bond donors (Lipinski definition) is 1. The van der Waals surface area contributed by atoms with Gasteiger partial charge in [0.25, 0.3) is 0 Å². The van der Waals surface area contributed by atoms with Crippen LogP contribution in [0.2, 0.25) is 0 Å². The number of carbonyl (C=O) groups is 1. The Bertz CT molecular complexity index is 810. The Balaban J connectivity index is 1.80. The lowest BCUT2D eigenvalue weighted by molar-refractivity contribution is 0.0838. The van der Waals surface area contributed by atoms with Gasteiger partial charge in [-0.25, -0.2) is 14.3 Å². The molecule has 1 amide bonds. The third-order valence-corrected chi connectivity index (χ3v) is 4.72. The lowest BCUT2D eigenvalue weighted by Gasteiger charge is -2.21. The maximum absolute atomic E-state index is 12.2. The lowest BCUT2D eigenvalue weighted by atomic mass is 10.1. The van der Waals surface area contributed by atoms with E-state index < -0.39 is 6.09 Å². The summed E-state index contributed by atoms with van der Waals surface area (Å²) >= 11 is 1.50. The number of ether oxygens (including phenoxy) is 1. The number of rotatable bonds is 4. The highest BCUT2D eigenvalue weighted by molar-refractivity contribution is 7.17. The first kappa shape index (κ1) is 15.5. The van der Waals surface area contributed by atoms with Crippen LogP contribution in [0, 0.1) is 12.8 Å². The zero-order valence-corrected chi connectivity index (χ0v) is 14.0. The van der Waals surface area contributed by atoms with Gasteiger partial charge in [0.15, 0.2) is 0 Å². The number of anilines is 1. The van der Waals surface area contributed by atoms with Crippen LogP contribution in [0.25, 0.3) is 4.96 Å². The highest BCUT2D eigenvalue weighted by Gasteiger charge is 2.26. The second-order valence-electron chi connectivity index (χ2n) is 5.57. The van der Waals surface area contributed by atoms with Crippen molar-refractivity contribution in [3.8, 4) is 0 Å². The topological polar surface area (TPSA) is 68.5 Å². The van der Waals surface area contributed by atoms with Crippen LogP contribution in [0.5, 0.6) is 0 Å². The van der Waals surface area contributed by atoms with E-state index in [1.165, 1.54) is 17.7 Å². The minimum Gasteiger partial charge on any atom is -0.440 e. The summed E-state index contributed by atoms with van der Waals surface area (Å²) in [6.07, 6.45) is 0.719. The Morgan fingerprint density at radius 1 is 1.30 bits per heavy atom. The molecule has 1 unspecified atom stereocenters. The molecule has 0 aliphatic carbocycles. The Morgan fingerprint density at radius 2 is 2.04 bits per heavy atom. The molecule has 120 valence electrons. The van der Waals surface area contributed by atoms with Gasteiger partial charge in [-0.1, -0.05) is 43.4 Å². The monoisotopic (exact) mass is 330 g/mol. The van der Waals surface area contributed by atoms with Crippen molar-refractivity contribution >= 4 is 28.1 Å². The quantitative estimate of drug-likeness (QED) is 0.783. The summed E-state index contributed by atoms with van der Waals surface area (Å²) in [7, 11) is 0. The maximum Gasteiger partial charge on any atom is 0.412 e. The molecule has 2 aromatic heterocycles. The number of fused-ring (bicyclic) bond motifs is 1. The van der Waals surface area contributed by atoms with E-state index in [1.807, 2.05) is 51.1 Å². The van der Waals surface area contributed by atoms with E-state index in [0.29, 0.717) is 5.69 Å². The van der Waals surface area contributed by atoms with Crippen LogP contribution in [0.3, 0.4) is 0 Å². The van der Waals surface area contributed by atoms with E-state index in [2.05, 4.69) is 15.4 Å². The van der Waals surface area contributed by atoms with Gasteiger partial charge in [-0.15, -0.1) is 0 Å². The molecule has 0 bridgehead atoms. The number of benzene rings is 1. The molecule has 1 aromatic carbocycles. The predicted molar refractivity (Wildman–Crippen MR) is 89.7 cm³/mol. The summed E-state index contributed by atoms with van der Waals surface area (Å²) < 4.78 is 7.44. The van der Waals surface area contributed by atoms with Gasteiger partial charge in [-0.05, 0) is 25.0 Å². The number of nitrogens with zero attached hydrogens (tertiary/aromatic N) is 3. The van der Waals surface area contributed by atoms with Gasteiger partial charge in [0.1, 0.15) is 12.4 Å². The van der Waals surface area contributed by atoms with Crippen LogP contribution in [0.15, 0.2) is 36.7 Å². The van der Waals surface area contributed by atoms with Gasteiger partial charge < -0.3 is 4.74 Å². The first-order valence-electron chi connectivity index (χ1n) is 7.38. The van der Waals surface area contributed by atoms with E-state index in [4.69, 9.17) is 4.74 Å². The number of carbonyl (C=O) groups excluding carboxylic acids is 1. The molecule has 3 aromatic rings. The number of aromatic nitrogens is 3. The zero-order valence-electron chi connectivity index (χ0n) is 13.2. The van der Waals surface area contributed by atoms with Gasteiger partial charge in [0, 0.05) is 5.69 Å². The summed E-state index contributed by atoms with van der Waals surface area (Å²) in [5.74, 6) is 0.138. The molecule has 3 rings (SSSR count). The number of nitrogens with one attached hydrogen (secondary N) is 1. The zero-order chi connectivity index (χ0) is 16.4. The lowest BCUT2D eigenvalue weighted by Crippen LogP contribution is -2.20. The van der Waals surface area contributed by atoms with Crippen molar-refractivity contribution in [2.24, 2.45) is 5.92 Å². The first-order valence-corrected chi connectivity index (χ1v) is 8.19. The molecular weight excluding hydrogens is 312 g/mol. The van der Waals surface area contributed by atoms with Crippen LogP contribution in [-0.2, 0) is 4.74 Å². The highest BCUT2D eigenvalue weighted by atomic mass is 32.1. The molecular formula is C16H18N4O2S. The molecule has 2 heterocycles. The number of amides is 1. The number of thiazole rings is 1. The smallest absolute Gasteiger partial charge is 0.412 e. The summed E-state index contributed by atoms with van der Waals surface area (Å²) in [5.41, 5.74) is 1.66. The van der Waals surface area contributed by atoms with E-state index in [1.54, 1.807) is 4.52 Å².